The van der Waals surface area contributed by atoms with Crippen LogP contribution in [0.25, 0.3) is 0 Å². The highest BCUT2D eigenvalue weighted by Crippen LogP contribution is 2.34. The van der Waals surface area contributed by atoms with Crippen LogP contribution in [0, 0.1) is 0 Å². The monoisotopic (exact) mass is 274 g/mol. The molecule has 2 heterocycles. The van der Waals surface area contributed by atoms with Gasteiger partial charge in [0.2, 0.25) is 5.91 Å². The molecule has 1 unspecified atom stereocenters. The quantitative estimate of drug-likeness (QED) is 0.857. The van der Waals surface area contributed by atoms with E-state index in [1.807, 2.05) is 24.3 Å². The van der Waals surface area contributed by atoms with Gasteiger partial charge in [-0.2, -0.15) is 0 Å². The van der Waals surface area contributed by atoms with Crippen LogP contribution in [0.2, 0.25) is 5.15 Å². The molecule has 19 heavy (non-hydrogen) atoms. The number of hydrogen-bond donors (Lipinski definition) is 1. The van der Waals surface area contributed by atoms with E-state index in [1.165, 1.54) is 0 Å². The minimum atomic E-state index is -0.289. The normalized spacial score (nSPS) is 16.6. The maximum Gasteiger partial charge on any atom is 0.235 e. The van der Waals surface area contributed by atoms with Crippen LogP contribution in [0.15, 0.2) is 42.6 Å². The molecule has 0 saturated heterocycles. The highest BCUT2D eigenvalue weighted by Gasteiger charge is 2.29. The second-order valence-electron chi connectivity index (χ2n) is 4.26. The van der Waals surface area contributed by atoms with Crippen molar-refractivity contribution in [2.75, 3.05) is 11.9 Å². The van der Waals surface area contributed by atoms with Crippen molar-refractivity contribution in [3.63, 3.8) is 0 Å². The van der Waals surface area contributed by atoms with E-state index in [2.05, 4.69) is 10.3 Å². The smallest absolute Gasteiger partial charge is 0.235 e. The van der Waals surface area contributed by atoms with Crippen LogP contribution >= 0.6 is 11.6 Å². The first-order valence-corrected chi connectivity index (χ1v) is 6.26. The zero-order valence-corrected chi connectivity index (χ0v) is 10.7. The summed E-state index contributed by atoms with van der Waals surface area (Å²) in [6.45, 7) is 0.365. The molecule has 0 aliphatic carbocycles. The van der Waals surface area contributed by atoms with Gasteiger partial charge in [0.1, 0.15) is 23.4 Å². The molecule has 4 nitrogen and oxygen atoms in total. The first-order valence-electron chi connectivity index (χ1n) is 5.88. The van der Waals surface area contributed by atoms with Gasteiger partial charge in [-0.1, -0.05) is 29.8 Å². The molecule has 96 valence electrons. The summed E-state index contributed by atoms with van der Waals surface area (Å²) >= 11 is 5.78. The molecule has 0 radical (unpaired) electrons. The van der Waals surface area contributed by atoms with Gasteiger partial charge in [0, 0.05) is 17.4 Å². The van der Waals surface area contributed by atoms with Gasteiger partial charge in [0.25, 0.3) is 0 Å². The fourth-order valence-electron chi connectivity index (χ4n) is 2.09. The van der Waals surface area contributed by atoms with Crippen molar-refractivity contribution in [2.24, 2.45) is 0 Å². The number of nitrogens with zero attached hydrogens (tertiary/aromatic N) is 1. The van der Waals surface area contributed by atoms with Crippen molar-refractivity contribution in [1.82, 2.24) is 4.98 Å². The Morgan fingerprint density at radius 1 is 1.37 bits per heavy atom. The number of para-hydroxylation sites is 1. The number of aromatic nitrogens is 1. The van der Waals surface area contributed by atoms with E-state index >= 15 is 0 Å². The molecule has 1 aliphatic rings. The maximum absolute atomic E-state index is 12.2. The maximum atomic E-state index is 12.2. The Morgan fingerprint density at radius 3 is 3.05 bits per heavy atom. The summed E-state index contributed by atoms with van der Waals surface area (Å²) in [6.07, 6.45) is 1.55. The predicted molar refractivity (Wildman–Crippen MR) is 72.6 cm³/mol. The molecular formula is C14H11ClN2O2. The highest BCUT2D eigenvalue weighted by atomic mass is 35.5. The third-order valence-electron chi connectivity index (χ3n) is 3.01. The molecule has 0 fully saturated rings. The topological polar surface area (TPSA) is 51.2 Å². The van der Waals surface area contributed by atoms with Gasteiger partial charge in [0.05, 0.1) is 0 Å². The molecule has 1 aromatic heterocycles. The number of carbonyl (C=O) groups is 1. The predicted octanol–water partition coefficient (Wildman–Crippen LogP) is 2.85. The number of halogens is 1. The first kappa shape index (κ1) is 12.0. The lowest BCUT2D eigenvalue weighted by Gasteiger charge is -2.10. The second-order valence-corrected chi connectivity index (χ2v) is 4.65. The molecule has 0 bridgehead atoms. The summed E-state index contributed by atoms with van der Waals surface area (Å²) in [5.41, 5.74) is 1.55. The minimum absolute atomic E-state index is 0.104. The zero-order valence-electron chi connectivity index (χ0n) is 9.97. The highest BCUT2D eigenvalue weighted by molar-refractivity contribution is 6.29. The molecule has 2 aromatic rings. The summed E-state index contributed by atoms with van der Waals surface area (Å²) in [4.78, 5) is 16.1. The Bertz CT molecular complexity index is 630. The SMILES string of the molecule is O=C(Nc1ccnc(Cl)c1)C1COc2ccccc21. The van der Waals surface area contributed by atoms with Gasteiger partial charge in [-0.3, -0.25) is 4.79 Å². The molecule has 1 amide bonds. The third kappa shape index (κ3) is 2.39. The van der Waals surface area contributed by atoms with Crippen molar-refractivity contribution in [3.8, 4) is 5.75 Å². The summed E-state index contributed by atoms with van der Waals surface area (Å²) in [5.74, 6) is 0.380. The summed E-state index contributed by atoms with van der Waals surface area (Å²) < 4.78 is 5.49. The summed E-state index contributed by atoms with van der Waals surface area (Å²) in [6, 6.07) is 10.9. The Morgan fingerprint density at radius 2 is 2.21 bits per heavy atom. The number of amides is 1. The van der Waals surface area contributed by atoms with Gasteiger partial charge < -0.3 is 10.1 Å². The fraction of sp³-hybridized carbons (Fsp3) is 0.143. The number of hydrogen-bond acceptors (Lipinski definition) is 3. The van der Waals surface area contributed by atoms with Crippen molar-refractivity contribution >= 4 is 23.2 Å². The molecule has 1 aliphatic heterocycles. The lowest BCUT2D eigenvalue weighted by atomic mass is 10.0. The van der Waals surface area contributed by atoms with Crippen molar-refractivity contribution < 1.29 is 9.53 Å². The number of anilines is 1. The van der Waals surface area contributed by atoms with Gasteiger partial charge in [-0.05, 0) is 18.2 Å². The van der Waals surface area contributed by atoms with E-state index in [0.29, 0.717) is 17.4 Å². The minimum Gasteiger partial charge on any atom is -0.492 e. The standard InChI is InChI=1S/C14H11ClN2O2/c15-13-7-9(5-6-16-13)17-14(18)11-8-19-12-4-2-1-3-10(11)12/h1-7,11H,8H2,(H,16,17,18). The van der Waals surface area contributed by atoms with E-state index in [-0.39, 0.29) is 11.8 Å². The molecule has 5 heteroatoms. The average Bonchev–Trinajstić information content (AvgIpc) is 2.82. The fourth-order valence-corrected chi connectivity index (χ4v) is 2.26. The summed E-state index contributed by atoms with van der Waals surface area (Å²) in [7, 11) is 0. The van der Waals surface area contributed by atoms with Gasteiger partial charge in [0.15, 0.2) is 0 Å². The van der Waals surface area contributed by atoms with Gasteiger partial charge >= 0.3 is 0 Å². The van der Waals surface area contributed by atoms with Gasteiger partial charge in [-0.25, -0.2) is 4.98 Å². The number of fused-ring (bicyclic) bond motifs is 1. The van der Waals surface area contributed by atoms with Crippen molar-refractivity contribution in [3.05, 3.63) is 53.3 Å². The molecule has 1 atom stereocenters. The molecular weight excluding hydrogens is 264 g/mol. The number of benzene rings is 1. The van der Waals surface area contributed by atoms with Gasteiger partial charge in [-0.15, -0.1) is 0 Å². The van der Waals surface area contributed by atoms with Crippen molar-refractivity contribution in [2.45, 2.75) is 5.92 Å². The van der Waals surface area contributed by atoms with E-state index in [1.54, 1.807) is 18.3 Å². The first-order chi connectivity index (χ1) is 9.24. The Balaban J connectivity index is 1.79. The number of nitrogens with one attached hydrogen (secondary N) is 1. The molecule has 0 spiro atoms. The average molecular weight is 275 g/mol. The van der Waals surface area contributed by atoms with E-state index < -0.39 is 0 Å². The number of rotatable bonds is 2. The van der Waals surface area contributed by atoms with Crippen LogP contribution in [-0.4, -0.2) is 17.5 Å². The lowest BCUT2D eigenvalue weighted by Crippen LogP contribution is -2.22. The van der Waals surface area contributed by atoms with Crippen LogP contribution in [0.4, 0.5) is 5.69 Å². The number of carbonyl (C=O) groups excluding carboxylic acids is 1. The molecule has 3 rings (SSSR count). The zero-order chi connectivity index (χ0) is 13.2. The third-order valence-corrected chi connectivity index (χ3v) is 3.22. The Labute approximate surface area is 115 Å². The van der Waals surface area contributed by atoms with Crippen LogP contribution in [0.5, 0.6) is 5.75 Å². The molecule has 0 saturated carbocycles. The largest absolute Gasteiger partial charge is 0.492 e. The van der Waals surface area contributed by atoms with E-state index in [9.17, 15) is 4.79 Å². The second kappa shape index (κ2) is 4.90. The molecule has 1 N–H and O–H groups in total. The summed E-state index contributed by atoms with van der Waals surface area (Å²) in [5, 5.41) is 3.17. The Hall–Kier alpha value is -2.07. The number of pyridine rings is 1. The van der Waals surface area contributed by atoms with E-state index in [0.717, 1.165) is 11.3 Å². The number of ether oxygens (including phenoxy) is 1. The Kier molecular flexibility index (Phi) is 3.09. The van der Waals surface area contributed by atoms with E-state index in [4.69, 9.17) is 16.3 Å². The van der Waals surface area contributed by atoms with Crippen LogP contribution in [0.1, 0.15) is 11.5 Å². The lowest BCUT2D eigenvalue weighted by molar-refractivity contribution is -0.117. The molecule has 1 aromatic carbocycles. The van der Waals surface area contributed by atoms with Crippen LogP contribution < -0.4 is 10.1 Å². The van der Waals surface area contributed by atoms with Crippen molar-refractivity contribution in [1.29, 1.82) is 0 Å². The van der Waals surface area contributed by atoms with Crippen LogP contribution in [-0.2, 0) is 4.79 Å². The van der Waals surface area contributed by atoms with Crippen LogP contribution in [0.3, 0.4) is 0 Å².